The number of nitrogens with one attached hydrogen (secondary N) is 2. The van der Waals surface area contributed by atoms with E-state index in [1.807, 2.05) is 11.8 Å². The second-order valence-electron chi connectivity index (χ2n) is 8.57. The lowest BCUT2D eigenvalue weighted by molar-refractivity contribution is -0.130. The van der Waals surface area contributed by atoms with Crippen LogP contribution in [-0.2, 0) is 4.79 Å². The summed E-state index contributed by atoms with van der Waals surface area (Å²) in [5, 5.41) is 7.71. The third-order valence-electron chi connectivity index (χ3n) is 6.87. The molecule has 1 amide bonds. The average Bonchev–Trinajstić information content (AvgIpc) is 2.57. The van der Waals surface area contributed by atoms with Gasteiger partial charge in [0.25, 0.3) is 0 Å². The van der Waals surface area contributed by atoms with Crippen molar-refractivity contribution in [1.82, 2.24) is 10.6 Å². The molecular weight excluding hydrogens is 316 g/mol. The highest BCUT2D eigenvalue weighted by Crippen LogP contribution is 2.46. The van der Waals surface area contributed by atoms with Crippen LogP contribution in [0, 0.1) is 29.6 Å². The van der Waals surface area contributed by atoms with Gasteiger partial charge in [-0.2, -0.15) is 0 Å². The molecule has 7 unspecified atom stereocenters. The minimum Gasteiger partial charge on any atom is -0.344 e. The fourth-order valence-electron chi connectivity index (χ4n) is 5.38. The lowest BCUT2D eigenvalue weighted by atomic mass is 9.61. The first-order valence-electron chi connectivity index (χ1n) is 10.2. The number of carbonyl (C=O) groups is 1. The van der Waals surface area contributed by atoms with E-state index in [2.05, 4.69) is 31.4 Å². The van der Waals surface area contributed by atoms with Gasteiger partial charge in [0.15, 0.2) is 0 Å². The molecule has 3 aliphatic rings. The van der Waals surface area contributed by atoms with Gasteiger partial charge in [0.2, 0.25) is 5.91 Å². The van der Waals surface area contributed by atoms with Crippen molar-refractivity contribution in [3.63, 3.8) is 0 Å². The Kier molecular flexibility index (Phi) is 6.53. The standard InChI is InChI=1S/C20H36N2OS/c1-13-6-4-8-17-16(13)7-5-9-18(17)20(23)22-15(3)24-19-12-21-11-10-14(19)2/h13-19,21H,4-12H2,1-3H3,(H,22,23). The number of hydrogen-bond donors (Lipinski definition) is 2. The molecule has 0 aromatic carbocycles. The van der Waals surface area contributed by atoms with Gasteiger partial charge in [-0.3, -0.25) is 4.79 Å². The zero-order valence-electron chi connectivity index (χ0n) is 15.7. The highest BCUT2D eigenvalue weighted by molar-refractivity contribution is 8.00. The van der Waals surface area contributed by atoms with Gasteiger partial charge in [0.1, 0.15) is 0 Å². The Hall–Kier alpha value is -0.220. The molecule has 2 N–H and O–H groups in total. The van der Waals surface area contributed by atoms with Crippen LogP contribution in [0.5, 0.6) is 0 Å². The predicted molar refractivity (Wildman–Crippen MR) is 103 cm³/mol. The van der Waals surface area contributed by atoms with Crippen molar-refractivity contribution in [2.24, 2.45) is 29.6 Å². The van der Waals surface area contributed by atoms with Crippen LogP contribution in [0.2, 0.25) is 0 Å². The Morgan fingerprint density at radius 2 is 1.79 bits per heavy atom. The Labute approximate surface area is 152 Å². The predicted octanol–water partition coefficient (Wildman–Crippen LogP) is 4.03. The van der Waals surface area contributed by atoms with E-state index in [4.69, 9.17) is 0 Å². The molecule has 1 aliphatic heterocycles. The molecule has 24 heavy (non-hydrogen) atoms. The molecule has 0 aromatic rings. The minimum atomic E-state index is 0.228. The Balaban J connectivity index is 1.53. The molecular formula is C20H36N2OS. The van der Waals surface area contributed by atoms with E-state index >= 15 is 0 Å². The summed E-state index contributed by atoms with van der Waals surface area (Å²) < 4.78 is 0. The van der Waals surface area contributed by atoms with Crippen molar-refractivity contribution < 1.29 is 4.79 Å². The average molecular weight is 353 g/mol. The first-order chi connectivity index (χ1) is 11.6. The second-order valence-corrected chi connectivity index (χ2v) is 10.2. The highest BCUT2D eigenvalue weighted by Gasteiger charge is 2.41. The number of hydrogen-bond acceptors (Lipinski definition) is 3. The molecule has 138 valence electrons. The Morgan fingerprint density at radius 3 is 2.58 bits per heavy atom. The highest BCUT2D eigenvalue weighted by atomic mass is 32.2. The van der Waals surface area contributed by atoms with E-state index in [9.17, 15) is 4.79 Å². The smallest absolute Gasteiger partial charge is 0.224 e. The lowest BCUT2D eigenvalue weighted by Crippen LogP contribution is -2.46. The molecule has 0 aromatic heterocycles. The summed E-state index contributed by atoms with van der Waals surface area (Å²) in [7, 11) is 0. The molecule has 0 spiro atoms. The van der Waals surface area contributed by atoms with Gasteiger partial charge < -0.3 is 10.6 Å². The summed E-state index contributed by atoms with van der Waals surface area (Å²) in [6.07, 6.45) is 8.93. The van der Waals surface area contributed by atoms with Gasteiger partial charge in [-0.25, -0.2) is 0 Å². The van der Waals surface area contributed by atoms with Crippen LogP contribution in [0.1, 0.15) is 65.7 Å². The SMILES string of the molecule is CC(NC(=O)C1CCCC2C(C)CCCC12)SC1CNCCC1C. The molecule has 7 atom stereocenters. The van der Waals surface area contributed by atoms with Gasteiger partial charge in [0.05, 0.1) is 5.37 Å². The second kappa shape index (κ2) is 8.44. The zero-order chi connectivity index (χ0) is 17.1. The lowest BCUT2D eigenvalue weighted by Gasteiger charge is -2.44. The van der Waals surface area contributed by atoms with E-state index in [0.29, 0.717) is 17.1 Å². The van der Waals surface area contributed by atoms with E-state index < -0.39 is 0 Å². The first kappa shape index (κ1) is 18.6. The van der Waals surface area contributed by atoms with Crippen LogP contribution in [0.15, 0.2) is 0 Å². The van der Waals surface area contributed by atoms with Gasteiger partial charge in [-0.05, 0) is 62.8 Å². The quantitative estimate of drug-likeness (QED) is 0.751. The molecule has 2 aliphatic carbocycles. The van der Waals surface area contributed by atoms with Crippen molar-refractivity contribution in [3.05, 3.63) is 0 Å². The summed E-state index contributed by atoms with van der Waals surface area (Å²) in [5.41, 5.74) is 0. The van der Waals surface area contributed by atoms with Crippen molar-refractivity contribution in [2.45, 2.75) is 76.3 Å². The number of rotatable bonds is 4. The molecule has 0 bridgehead atoms. The first-order valence-corrected chi connectivity index (χ1v) is 11.2. The molecule has 1 saturated heterocycles. The molecule has 4 heteroatoms. The van der Waals surface area contributed by atoms with Crippen molar-refractivity contribution in [1.29, 1.82) is 0 Å². The topological polar surface area (TPSA) is 41.1 Å². The maximum Gasteiger partial charge on any atom is 0.224 e. The summed E-state index contributed by atoms with van der Waals surface area (Å²) >= 11 is 1.96. The number of thioether (sulfide) groups is 1. The molecule has 3 rings (SSSR count). The Morgan fingerprint density at radius 1 is 1.04 bits per heavy atom. The zero-order valence-corrected chi connectivity index (χ0v) is 16.5. The molecule has 3 nitrogen and oxygen atoms in total. The fraction of sp³-hybridized carbons (Fsp3) is 0.950. The van der Waals surface area contributed by atoms with Crippen LogP contribution < -0.4 is 10.6 Å². The molecule has 2 saturated carbocycles. The normalized spacial score (nSPS) is 41.3. The van der Waals surface area contributed by atoms with Gasteiger partial charge in [-0.15, -0.1) is 11.8 Å². The van der Waals surface area contributed by atoms with E-state index in [0.717, 1.165) is 37.3 Å². The van der Waals surface area contributed by atoms with E-state index in [1.54, 1.807) is 0 Å². The third-order valence-corrected chi connectivity index (χ3v) is 8.37. The van der Waals surface area contributed by atoms with Crippen molar-refractivity contribution in [3.8, 4) is 0 Å². The van der Waals surface area contributed by atoms with Crippen LogP contribution in [0.3, 0.4) is 0 Å². The summed E-state index contributed by atoms with van der Waals surface area (Å²) in [5.74, 6) is 3.63. The maximum absolute atomic E-state index is 13.0. The third kappa shape index (κ3) is 4.30. The number of piperidine rings is 1. The fourth-order valence-corrected chi connectivity index (χ4v) is 6.71. The summed E-state index contributed by atoms with van der Waals surface area (Å²) in [4.78, 5) is 13.0. The number of fused-ring (bicyclic) bond motifs is 1. The Bertz CT molecular complexity index is 430. The van der Waals surface area contributed by atoms with Gasteiger partial charge in [0, 0.05) is 17.7 Å². The summed E-state index contributed by atoms with van der Waals surface area (Å²) in [6, 6.07) is 0. The molecule has 0 radical (unpaired) electrons. The van der Waals surface area contributed by atoms with Gasteiger partial charge in [-0.1, -0.05) is 33.1 Å². The minimum absolute atomic E-state index is 0.228. The maximum atomic E-state index is 13.0. The van der Waals surface area contributed by atoms with E-state index in [1.165, 1.54) is 38.5 Å². The largest absolute Gasteiger partial charge is 0.344 e. The monoisotopic (exact) mass is 352 g/mol. The number of carbonyl (C=O) groups excluding carboxylic acids is 1. The van der Waals surface area contributed by atoms with Crippen LogP contribution in [0.4, 0.5) is 0 Å². The molecule has 1 heterocycles. The van der Waals surface area contributed by atoms with Crippen LogP contribution in [-0.4, -0.2) is 29.6 Å². The number of amides is 1. The summed E-state index contributed by atoms with van der Waals surface area (Å²) in [6.45, 7) is 9.16. The van der Waals surface area contributed by atoms with Crippen LogP contribution >= 0.6 is 11.8 Å². The van der Waals surface area contributed by atoms with Crippen molar-refractivity contribution >= 4 is 17.7 Å². The van der Waals surface area contributed by atoms with Gasteiger partial charge >= 0.3 is 0 Å². The van der Waals surface area contributed by atoms with Crippen LogP contribution in [0.25, 0.3) is 0 Å². The van der Waals surface area contributed by atoms with Crippen molar-refractivity contribution in [2.75, 3.05) is 13.1 Å². The van der Waals surface area contributed by atoms with E-state index in [-0.39, 0.29) is 11.3 Å². The molecule has 3 fully saturated rings.